The van der Waals surface area contributed by atoms with Crippen molar-refractivity contribution in [1.29, 1.82) is 0 Å². The van der Waals surface area contributed by atoms with Crippen molar-refractivity contribution in [3.05, 3.63) is 34.7 Å². The molecule has 2 fully saturated rings. The van der Waals surface area contributed by atoms with Crippen LogP contribution in [0, 0.1) is 0 Å². The van der Waals surface area contributed by atoms with Crippen LogP contribution in [0.25, 0.3) is 11.3 Å². The van der Waals surface area contributed by atoms with Crippen molar-refractivity contribution in [3.63, 3.8) is 0 Å². The number of hydrogen-bond acceptors (Lipinski definition) is 3. The van der Waals surface area contributed by atoms with E-state index in [9.17, 15) is 4.79 Å². The van der Waals surface area contributed by atoms with E-state index in [2.05, 4.69) is 17.5 Å². The molecule has 1 saturated carbocycles. The maximum absolute atomic E-state index is 11.8. The Balaban J connectivity index is 1.54. The van der Waals surface area contributed by atoms with Crippen LogP contribution < -0.4 is 4.90 Å². The number of carbonyl (C=O) groups excluding carboxylic acids is 1. The number of aromatic nitrogens is 1. The summed E-state index contributed by atoms with van der Waals surface area (Å²) >= 11 is 1.80. The van der Waals surface area contributed by atoms with Crippen LogP contribution in [-0.4, -0.2) is 17.4 Å². The van der Waals surface area contributed by atoms with Gasteiger partial charge in [0, 0.05) is 35.5 Å². The fourth-order valence-corrected chi connectivity index (χ4v) is 4.51. The van der Waals surface area contributed by atoms with E-state index in [1.54, 1.807) is 11.3 Å². The molecule has 2 aromatic rings. The number of thiazole rings is 1. The Hall–Kier alpha value is -1.68. The molecule has 0 radical (unpaired) electrons. The number of hydrogen-bond donors (Lipinski definition) is 0. The van der Waals surface area contributed by atoms with E-state index < -0.39 is 0 Å². The van der Waals surface area contributed by atoms with Gasteiger partial charge in [-0.25, -0.2) is 4.98 Å². The monoisotopic (exact) mass is 312 g/mol. The lowest BCUT2D eigenvalue weighted by Gasteiger charge is -2.15. The van der Waals surface area contributed by atoms with Gasteiger partial charge in [0.1, 0.15) is 0 Å². The largest absolute Gasteiger partial charge is 0.312 e. The molecule has 1 aliphatic heterocycles. The Labute approximate surface area is 135 Å². The zero-order valence-corrected chi connectivity index (χ0v) is 13.4. The lowest BCUT2D eigenvalue weighted by Crippen LogP contribution is -2.23. The molecule has 1 aromatic carbocycles. The summed E-state index contributed by atoms with van der Waals surface area (Å²) < 4.78 is 0. The number of anilines is 1. The summed E-state index contributed by atoms with van der Waals surface area (Å²) in [5.74, 6) is 0.921. The van der Waals surface area contributed by atoms with E-state index in [1.165, 1.54) is 30.7 Å². The fourth-order valence-electron chi connectivity index (χ4n) is 3.51. The second-order valence-corrected chi connectivity index (χ2v) is 7.14. The SMILES string of the molecule is O=C1CCCN1c1ccc(-c2csc(C3CCCC3)n2)cc1. The Morgan fingerprint density at radius 2 is 1.86 bits per heavy atom. The van der Waals surface area contributed by atoms with Crippen LogP contribution in [0.5, 0.6) is 0 Å². The van der Waals surface area contributed by atoms with Gasteiger partial charge < -0.3 is 4.90 Å². The van der Waals surface area contributed by atoms with Crippen molar-refractivity contribution in [3.8, 4) is 11.3 Å². The lowest BCUT2D eigenvalue weighted by atomic mass is 10.1. The van der Waals surface area contributed by atoms with Crippen molar-refractivity contribution >= 4 is 22.9 Å². The quantitative estimate of drug-likeness (QED) is 0.830. The van der Waals surface area contributed by atoms with Crippen LogP contribution in [0.1, 0.15) is 49.5 Å². The van der Waals surface area contributed by atoms with Crippen molar-refractivity contribution in [2.75, 3.05) is 11.4 Å². The summed E-state index contributed by atoms with van der Waals surface area (Å²) in [6.07, 6.45) is 6.93. The molecule has 4 heteroatoms. The maximum Gasteiger partial charge on any atom is 0.227 e. The van der Waals surface area contributed by atoms with Gasteiger partial charge in [-0.3, -0.25) is 4.79 Å². The van der Waals surface area contributed by atoms with Gasteiger partial charge in [0.05, 0.1) is 10.7 Å². The molecular weight excluding hydrogens is 292 g/mol. The third-order valence-electron chi connectivity index (χ3n) is 4.77. The molecule has 0 bridgehead atoms. The standard InChI is InChI=1S/C18H20N2OS/c21-17-6-3-11-20(17)15-9-7-13(8-10-15)16-12-22-18(19-16)14-4-1-2-5-14/h7-10,12,14H,1-6,11H2. The lowest BCUT2D eigenvalue weighted by molar-refractivity contribution is -0.117. The third-order valence-corrected chi connectivity index (χ3v) is 5.78. The number of benzene rings is 1. The highest BCUT2D eigenvalue weighted by atomic mass is 32.1. The predicted octanol–water partition coefficient (Wildman–Crippen LogP) is 4.59. The van der Waals surface area contributed by atoms with Gasteiger partial charge in [-0.1, -0.05) is 25.0 Å². The van der Waals surface area contributed by atoms with Crippen LogP contribution in [0.4, 0.5) is 5.69 Å². The number of carbonyl (C=O) groups is 1. The summed E-state index contributed by atoms with van der Waals surface area (Å²) in [5.41, 5.74) is 3.24. The summed E-state index contributed by atoms with van der Waals surface area (Å²) in [4.78, 5) is 18.5. The van der Waals surface area contributed by atoms with Gasteiger partial charge in [-0.05, 0) is 31.4 Å². The Morgan fingerprint density at radius 1 is 1.09 bits per heavy atom. The molecular formula is C18H20N2OS. The zero-order valence-electron chi connectivity index (χ0n) is 12.6. The molecule has 4 rings (SSSR count). The minimum atomic E-state index is 0.241. The Bertz CT molecular complexity index is 671. The highest BCUT2D eigenvalue weighted by Gasteiger charge is 2.22. The minimum Gasteiger partial charge on any atom is -0.312 e. The van der Waals surface area contributed by atoms with E-state index in [1.807, 2.05) is 17.0 Å². The first-order chi connectivity index (χ1) is 10.8. The molecule has 0 atom stereocenters. The first-order valence-corrected chi connectivity index (χ1v) is 9.05. The third kappa shape index (κ3) is 2.56. The van der Waals surface area contributed by atoms with E-state index in [4.69, 9.17) is 4.98 Å². The normalized spacial score (nSPS) is 19.3. The summed E-state index contributed by atoms with van der Waals surface area (Å²) in [5, 5.41) is 3.47. The first kappa shape index (κ1) is 13.9. The fraction of sp³-hybridized carbons (Fsp3) is 0.444. The van der Waals surface area contributed by atoms with Crippen molar-refractivity contribution < 1.29 is 4.79 Å². The van der Waals surface area contributed by atoms with Gasteiger partial charge in [0.15, 0.2) is 0 Å². The molecule has 0 spiro atoms. The van der Waals surface area contributed by atoms with E-state index in [0.717, 1.165) is 29.9 Å². The van der Waals surface area contributed by atoms with Crippen LogP contribution in [-0.2, 0) is 4.79 Å². The summed E-state index contributed by atoms with van der Waals surface area (Å²) in [6.45, 7) is 0.848. The van der Waals surface area contributed by atoms with Gasteiger partial charge >= 0.3 is 0 Å². The molecule has 1 saturated heterocycles. The van der Waals surface area contributed by atoms with Crippen LogP contribution in [0.15, 0.2) is 29.6 Å². The van der Waals surface area contributed by atoms with E-state index in [-0.39, 0.29) is 5.91 Å². The van der Waals surface area contributed by atoms with Gasteiger partial charge in [-0.15, -0.1) is 11.3 Å². The molecule has 3 nitrogen and oxygen atoms in total. The Morgan fingerprint density at radius 3 is 2.55 bits per heavy atom. The van der Waals surface area contributed by atoms with Crippen LogP contribution in [0.2, 0.25) is 0 Å². The Kier molecular flexibility index (Phi) is 3.70. The van der Waals surface area contributed by atoms with Crippen LogP contribution >= 0.6 is 11.3 Å². The topological polar surface area (TPSA) is 33.2 Å². The average Bonchev–Trinajstić information content (AvgIpc) is 3.28. The molecule has 1 amide bonds. The molecule has 0 N–H and O–H groups in total. The molecule has 1 aliphatic carbocycles. The van der Waals surface area contributed by atoms with Crippen LogP contribution in [0.3, 0.4) is 0 Å². The molecule has 2 aliphatic rings. The zero-order chi connectivity index (χ0) is 14.9. The van der Waals surface area contributed by atoms with Crippen molar-refractivity contribution in [1.82, 2.24) is 4.98 Å². The maximum atomic E-state index is 11.8. The second kappa shape index (κ2) is 5.84. The van der Waals surface area contributed by atoms with Crippen molar-refractivity contribution in [2.24, 2.45) is 0 Å². The summed E-state index contributed by atoms with van der Waals surface area (Å²) in [6, 6.07) is 8.28. The number of amides is 1. The van der Waals surface area contributed by atoms with Gasteiger partial charge in [0.2, 0.25) is 5.91 Å². The average molecular weight is 312 g/mol. The number of rotatable bonds is 3. The molecule has 2 heterocycles. The van der Waals surface area contributed by atoms with Crippen molar-refractivity contribution in [2.45, 2.75) is 44.4 Å². The second-order valence-electron chi connectivity index (χ2n) is 6.25. The first-order valence-electron chi connectivity index (χ1n) is 8.17. The van der Waals surface area contributed by atoms with Gasteiger partial charge in [0.25, 0.3) is 0 Å². The highest BCUT2D eigenvalue weighted by molar-refractivity contribution is 7.10. The predicted molar refractivity (Wildman–Crippen MR) is 90.3 cm³/mol. The van der Waals surface area contributed by atoms with E-state index in [0.29, 0.717) is 12.3 Å². The molecule has 22 heavy (non-hydrogen) atoms. The summed E-state index contributed by atoms with van der Waals surface area (Å²) in [7, 11) is 0. The molecule has 114 valence electrons. The van der Waals surface area contributed by atoms with E-state index >= 15 is 0 Å². The number of nitrogens with zero attached hydrogens (tertiary/aromatic N) is 2. The minimum absolute atomic E-state index is 0.241. The molecule has 1 aromatic heterocycles. The smallest absolute Gasteiger partial charge is 0.227 e. The molecule has 0 unspecified atom stereocenters. The van der Waals surface area contributed by atoms with Gasteiger partial charge in [-0.2, -0.15) is 0 Å². The highest BCUT2D eigenvalue weighted by Crippen LogP contribution is 2.37.